The van der Waals surface area contributed by atoms with Crippen LogP contribution in [-0.4, -0.2) is 34.6 Å². The number of benzene rings is 2. The summed E-state index contributed by atoms with van der Waals surface area (Å²) in [6, 6.07) is 12.0. The molecule has 2 amide bonds. The maximum atomic E-state index is 13.3. The van der Waals surface area contributed by atoms with Crippen LogP contribution in [0.25, 0.3) is 0 Å². The van der Waals surface area contributed by atoms with Gasteiger partial charge in [-0.3, -0.25) is 9.59 Å². The molecule has 7 heteroatoms. The Bertz CT molecular complexity index is 827. The zero-order valence-electron chi connectivity index (χ0n) is 15.0. The Kier molecular flexibility index (Phi) is 6.07. The van der Waals surface area contributed by atoms with Crippen LogP contribution in [0.15, 0.2) is 48.5 Å². The highest BCUT2D eigenvalue weighted by Gasteiger charge is 2.42. The van der Waals surface area contributed by atoms with E-state index in [9.17, 15) is 14.0 Å². The van der Waals surface area contributed by atoms with Crippen LogP contribution in [0.5, 0.6) is 0 Å². The minimum atomic E-state index is -0.601. The van der Waals surface area contributed by atoms with E-state index in [0.717, 1.165) is 5.56 Å². The van der Waals surface area contributed by atoms with Crippen LogP contribution in [0.1, 0.15) is 35.1 Å². The van der Waals surface area contributed by atoms with Crippen molar-refractivity contribution in [2.45, 2.75) is 31.3 Å². The van der Waals surface area contributed by atoms with E-state index >= 15 is 0 Å². The van der Waals surface area contributed by atoms with Gasteiger partial charge in [0.1, 0.15) is 17.2 Å². The molecule has 1 saturated heterocycles. The molecule has 0 saturated carbocycles. The van der Waals surface area contributed by atoms with Gasteiger partial charge in [0.2, 0.25) is 5.91 Å². The number of carbonyl (C=O) groups is 2. The molecule has 142 valence electrons. The van der Waals surface area contributed by atoms with Crippen molar-refractivity contribution in [2.75, 3.05) is 5.75 Å². The Labute approximate surface area is 167 Å². The lowest BCUT2D eigenvalue weighted by atomic mass is 10.1. The summed E-state index contributed by atoms with van der Waals surface area (Å²) in [5, 5.41) is 3.05. The molecule has 0 aromatic heterocycles. The second kappa shape index (κ2) is 8.31. The fourth-order valence-corrected chi connectivity index (χ4v) is 4.52. The van der Waals surface area contributed by atoms with Crippen molar-refractivity contribution in [3.8, 4) is 0 Å². The number of thioether (sulfide) groups is 1. The molecular weight excluding hydrogens is 387 g/mol. The minimum absolute atomic E-state index is 0.0279. The summed E-state index contributed by atoms with van der Waals surface area (Å²) in [4.78, 5) is 27.5. The minimum Gasteiger partial charge on any atom is -0.352 e. The van der Waals surface area contributed by atoms with Crippen LogP contribution in [0.3, 0.4) is 0 Å². The van der Waals surface area contributed by atoms with Gasteiger partial charge in [-0.1, -0.05) is 23.7 Å². The smallest absolute Gasteiger partial charge is 0.255 e. The molecule has 2 aromatic carbocycles. The van der Waals surface area contributed by atoms with Crippen LogP contribution in [0.2, 0.25) is 5.02 Å². The molecule has 0 spiro atoms. The Morgan fingerprint density at radius 1 is 1.15 bits per heavy atom. The number of rotatable bonds is 4. The number of nitrogens with zero attached hydrogens (tertiary/aromatic N) is 1. The molecule has 1 aliphatic rings. The van der Waals surface area contributed by atoms with E-state index in [2.05, 4.69) is 5.32 Å². The van der Waals surface area contributed by atoms with Crippen LogP contribution in [0, 0.1) is 5.82 Å². The fourth-order valence-electron chi connectivity index (χ4n) is 2.96. The van der Waals surface area contributed by atoms with Gasteiger partial charge < -0.3 is 10.2 Å². The van der Waals surface area contributed by atoms with E-state index in [1.165, 1.54) is 23.9 Å². The third-order valence-electron chi connectivity index (χ3n) is 4.21. The summed E-state index contributed by atoms with van der Waals surface area (Å²) >= 11 is 7.42. The first kappa shape index (κ1) is 19.7. The SMILES string of the molecule is CC(C)NC(=O)C1CSC(c2ccc(F)cc2)N1C(=O)c1ccc(Cl)cc1. The maximum Gasteiger partial charge on any atom is 0.255 e. The number of hydrogen-bond donors (Lipinski definition) is 1. The largest absolute Gasteiger partial charge is 0.352 e. The van der Waals surface area contributed by atoms with E-state index in [1.54, 1.807) is 41.3 Å². The quantitative estimate of drug-likeness (QED) is 0.825. The molecule has 4 nitrogen and oxygen atoms in total. The van der Waals surface area contributed by atoms with Crippen molar-refractivity contribution in [2.24, 2.45) is 0 Å². The standard InChI is InChI=1S/C20H20ClFN2O2S/c1-12(2)23-18(25)17-11-27-20(14-5-9-16(22)10-6-14)24(17)19(26)13-3-7-15(21)8-4-13/h3-10,12,17,20H,11H2,1-2H3,(H,23,25). The van der Waals surface area contributed by atoms with E-state index in [-0.39, 0.29) is 29.0 Å². The van der Waals surface area contributed by atoms with Crippen LogP contribution in [-0.2, 0) is 4.79 Å². The van der Waals surface area contributed by atoms with E-state index in [4.69, 9.17) is 11.6 Å². The first-order chi connectivity index (χ1) is 12.9. The molecule has 1 aliphatic heterocycles. The zero-order chi connectivity index (χ0) is 19.6. The average molecular weight is 407 g/mol. The van der Waals surface area contributed by atoms with Crippen molar-refractivity contribution in [3.63, 3.8) is 0 Å². The van der Waals surface area contributed by atoms with Crippen LogP contribution in [0.4, 0.5) is 4.39 Å². The van der Waals surface area contributed by atoms with E-state index in [0.29, 0.717) is 16.3 Å². The van der Waals surface area contributed by atoms with Gasteiger partial charge >= 0.3 is 0 Å². The van der Waals surface area contributed by atoms with Gasteiger partial charge in [-0.15, -0.1) is 11.8 Å². The number of hydrogen-bond acceptors (Lipinski definition) is 3. The van der Waals surface area contributed by atoms with Crippen molar-refractivity contribution in [1.82, 2.24) is 10.2 Å². The maximum absolute atomic E-state index is 13.3. The monoisotopic (exact) mass is 406 g/mol. The molecular formula is C20H20ClFN2O2S. The van der Waals surface area contributed by atoms with E-state index in [1.807, 2.05) is 13.8 Å². The molecule has 0 aliphatic carbocycles. The second-order valence-electron chi connectivity index (χ2n) is 6.64. The van der Waals surface area contributed by atoms with Gasteiger partial charge in [-0.2, -0.15) is 0 Å². The van der Waals surface area contributed by atoms with Gasteiger partial charge in [0.05, 0.1) is 0 Å². The van der Waals surface area contributed by atoms with Gasteiger partial charge in [-0.25, -0.2) is 4.39 Å². The molecule has 0 bridgehead atoms. The molecule has 2 unspecified atom stereocenters. The summed E-state index contributed by atoms with van der Waals surface area (Å²) in [5.74, 6) is -0.314. The fraction of sp³-hybridized carbons (Fsp3) is 0.300. The van der Waals surface area contributed by atoms with Crippen LogP contribution < -0.4 is 5.32 Å². The number of nitrogens with one attached hydrogen (secondary N) is 1. The summed E-state index contributed by atoms with van der Waals surface area (Å²) in [6.07, 6.45) is 0. The van der Waals surface area contributed by atoms with Gasteiger partial charge in [-0.05, 0) is 55.8 Å². The molecule has 0 radical (unpaired) electrons. The van der Waals surface area contributed by atoms with Crippen LogP contribution >= 0.6 is 23.4 Å². The summed E-state index contributed by atoms with van der Waals surface area (Å²) in [6.45, 7) is 3.76. The lowest BCUT2D eigenvalue weighted by Gasteiger charge is -2.29. The van der Waals surface area contributed by atoms with Gasteiger partial charge in [0.25, 0.3) is 5.91 Å². The summed E-state index contributed by atoms with van der Waals surface area (Å²) in [7, 11) is 0. The molecule has 1 N–H and O–H groups in total. The molecule has 27 heavy (non-hydrogen) atoms. The Morgan fingerprint density at radius 2 is 1.78 bits per heavy atom. The predicted molar refractivity (Wildman–Crippen MR) is 106 cm³/mol. The van der Waals surface area contributed by atoms with Crippen molar-refractivity contribution >= 4 is 35.2 Å². The molecule has 2 aromatic rings. The molecule has 3 rings (SSSR count). The number of halogens is 2. The average Bonchev–Trinajstić information content (AvgIpc) is 3.07. The first-order valence-corrected chi connectivity index (χ1v) is 10.0. The topological polar surface area (TPSA) is 49.4 Å². The van der Waals surface area contributed by atoms with Gasteiger partial charge in [0, 0.05) is 22.4 Å². The third-order valence-corrected chi connectivity index (χ3v) is 5.79. The highest BCUT2D eigenvalue weighted by Crippen LogP contribution is 2.42. The summed E-state index contributed by atoms with van der Waals surface area (Å²) in [5.41, 5.74) is 1.24. The van der Waals surface area contributed by atoms with Crippen molar-refractivity contribution in [1.29, 1.82) is 0 Å². The molecule has 1 fully saturated rings. The second-order valence-corrected chi connectivity index (χ2v) is 8.19. The lowest BCUT2D eigenvalue weighted by Crippen LogP contribution is -2.49. The normalized spacial score (nSPS) is 19.4. The Balaban J connectivity index is 1.95. The third kappa shape index (κ3) is 4.45. The zero-order valence-corrected chi connectivity index (χ0v) is 16.6. The number of amides is 2. The summed E-state index contributed by atoms with van der Waals surface area (Å²) < 4.78 is 13.3. The first-order valence-electron chi connectivity index (χ1n) is 8.62. The number of carbonyl (C=O) groups excluding carboxylic acids is 2. The highest BCUT2D eigenvalue weighted by molar-refractivity contribution is 7.99. The highest BCUT2D eigenvalue weighted by atomic mass is 35.5. The Morgan fingerprint density at radius 3 is 2.37 bits per heavy atom. The molecule has 2 atom stereocenters. The van der Waals surface area contributed by atoms with Crippen molar-refractivity contribution < 1.29 is 14.0 Å². The van der Waals surface area contributed by atoms with Gasteiger partial charge in [0.15, 0.2) is 0 Å². The van der Waals surface area contributed by atoms with E-state index < -0.39 is 6.04 Å². The predicted octanol–water partition coefficient (Wildman–Crippen LogP) is 4.26. The Hall–Kier alpha value is -2.05. The van der Waals surface area contributed by atoms with Crippen molar-refractivity contribution in [3.05, 3.63) is 70.5 Å². The lowest BCUT2D eigenvalue weighted by molar-refractivity contribution is -0.125. The molecule has 1 heterocycles.